The Hall–Kier alpha value is -0.830. The SMILES string of the molecule is CCOC1OC(=O)C2=CCC3C(C)(C)CCCC3(C)C21. The van der Waals surface area contributed by atoms with Crippen molar-refractivity contribution in [1.29, 1.82) is 0 Å². The van der Waals surface area contributed by atoms with Crippen molar-refractivity contribution in [3.8, 4) is 0 Å². The van der Waals surface area contributed by atoms with E-state index in [1.165, 1.54) is 19.3 Å². The van der Waals surface area contributed by atoms with Crippen molar-refractivity contribution in [2.45, 2.75) is 59.7 Å². The van der Waals surface area contributed by atoms with Gasteiger partial charge in [-0.05, 0) is 42.9 Å². The third-order valence-corrected chi connectivity index (χ3v) is 5.96. The molecule has 0 radical (unpaired) electrons. The summed E-state index contributed by atoms with van der Waals surface area (Å²) in [5.41, 5.74) is 1.33. The lowest BCUT2D eigenvalue weighted by Gasteiger charge is -2.55. The van der Waals surface area contributed by atoms with Gasteiger partial charge in [-0.25, -0.2) is 4.79 Å². The van der Waals surface area contributed by atoms with Gasteiger partial charge in [0, 0.05) is 12.2 Å². The predicted molar refractivity (Wildman–Crippen MR) is 76.9 cm³/mol. The lowest BCUT2D eigenvalue weighted by Crippen LogP contribution is -2.50. The molecule has 0 spiro atoms. The lowest BCUT2D eigenvalue weighted by molar-refractivity contribution is -0.181. The first-order valence-corrected chi connectivity index (χ1v) is 7.93. The molecule has 3 rings (SSSR count). The highest BCUT2D eigenvalue weighted by molar-refractivity contribution is 5.91. The van der Waals surface area contributed by atoms with Gasteiger partial charge in [0.15, 0.2) is 0 Å². The second kappa shape index (κ2) is 4.59. The number of hydrogen-bond acceptors (Lipinski definition) is 3. The van der Waals surface area contributed by atoms with Crippen molar-refractivity contribution in [2.75, 3.05) is 6.61 Å². The first kappa shape index (κ1) is 14.1. The van der Waals surface area contributed by atoms with Crippen molar-refractivity contribution in [1.82, 2.24) is 0 Å². The molecule has 0 aromatic rings. The van der Waals surface area contributed by atoms with Gasteiger partial charge in [-0.3, -0.25) is 0 Å². The fourth-order valence-electron chi connectivity index (χ4n) is 5.06. The Bertz CT molecular complexity index is 451. The summed E-state index contributed by atoms with van der Waals surface area (Å²) in [5.74, 6) is 0.569. The normalized spacial score (nSPS) is 42.5. The molecule has 1 heterocycles. The molecule has 1 aliphatic heterocycles. The zero-order valence-corrected chi connectivity index (χ0v) is 13.1. The van der Waals surface area contributed by atoms with E-state index in [9.17, 15) is 4.79 Å². The first-order chi connectivity index (χ1) is 9.40. The third kappa shape index (κ3) is 1.86. The number of esters is 1. The van der Waals surface area contributed by atoms with Crippen LogP contribution in [0.1, 0.15) is 53.4 Å². The minimum atomic E-state index is -0.375. The van der Waals surface area contributed by atoms with Gasteiger partial charge in [-0.2, -0.15) is 0 Å². The molecule has 1 saturated carbocycles. The van der Waals surface area contributed by atoms with Crippen LogP contribution in [-0.4, -0.2) is 18.9 Å². The third-order valence-electron chi connectivity index (χ3n) is 5.96. The Morgan fingerprint density at radius 1 is 1.35 bits per heavy atom. The van der Waals surface area contributed by atoms with Gasteiger partial charge in [-0.15, -0.1) is 0 Å². The Balaban J connectivity index is 2.02. The Labute approximate surface area is 121 Å². The summed E-state index contributed by atoms with van der Waals surface area (Å²) in [6.07, 6.45) is 6.44. The van der Waals surface area contributed by atoms with Gasteiger partial charge in [0.05, 0.1) is 5.92 Å². The van der Waals surface area contributed by atoms with Crippen LogP contribution in [0.5, 0.6) is 0 Å². The predicted octanol–water partition coefficient (Wildman–Crippen LogP) is 3.68. The molecule has 3 aliphatic rings. The molecule has 4 atom stereocenters. The van der Waals surface area contributed by atoms with E-state index in [0.717, 1.165) is 12.0 Å². The van der Waals surface area contributed by atoms with Crippen LogP contribution in [-0.2, 0) is 14.3 Å². The minimum Gasteiger partial charge on any atom is -0.432 e. The van der Waals surface area contributed by atoms with Crippen molar-refractivity contribution >= 4 is 5.97 Å². The zero-order valence-electron chi connectivity index (χ0n) is 13.1. The average Bonchev–Trinajstić information content (AvgIpc) is 2.67. The molecule has 0 N–H and O–H groups in total. The summed E-state index contributed by atoms with van der Waals surface area (Å²) < 4.78 is 11.2. The molecule has 0 aromatic heterocycles. The lowest BCUT2D eigenvalue weighted by atomic mass is 9.49. The molecule has 112 valence electrons. The van der Waals surface area contributed by atoms with Gasteiger partial charge < -0.3 is 9.47 Å². The molecule has 0 bridgehead atoms. The van der Waals surface area contributed by atoms with Crippen LogP contribution in [0.15, 0.2) is 11.6 Å². The summed E-state index contributed by atoms with van der Waals surface area (Å²) in [6, 6.07) is 0. The zero-order chi connectivity index (χ0) is 14.5. The second-order valence-corrected chi connectivity index (χ2v) is 7.50. The molecule has 2 fully saturated rings. The standard InChI is InChI=1S/C17H26O3/c1-5-19-15-13-11(14(18)20-15)7-8-12-16(2,3)9-6-10-17(12,13)4/h7,12-13,15H,5-6,8-10H2,1-4H3. The first-order valence-electron chi connectivity index (χ1n) is 7.93. The van der Waals surface area contributed by atoms with Gasteiger partial charge in [0.25, 0.3) is 0 Å². The monoisotopic (exact) mass is 278 g/mol. The maximum absolute atomic E-state index is 12.1. The molecular weight excluding hydrogens is 252 g/mol. The Morgan fingerprint density at radius 3 is 2.80 bits per heavy atom. The van der Waals surface area contributed by atoms with Gasteiger partial charge in [0.1, 0.15) is 0 Å². The van der Waals surface area contributed by atoms with Crippen LogP contribution in [0, 0.1) is 22.7 Å². The summed E-state index contributed by atoms with van der Waals surface area (Å²) in [7, 11) is 0. The number of cyclic esters (lactones) is 1. The second-order valence-electron chi connectivity index (χ2n) is 7.50. The van der Waals surface area contributed by atoms with E-state index in [0.29, 0.717) is 17.9 Å². The van der Waals surface area contributed by atoms with Crippen LogP contribution in [0.4, 0.5) is 0 Å². The highest BCUT2D eigenvalue weighted by Crippen LogP contribution is 2.62. The Morgan fingerprint density at radius 2 is 2.10 bits per heavy atom. The molecule has 3 nitrogen and oxygen atoms in total. The number of carbonyl (C=O) groups excluding carboxylic acids is 1. The van der Waals surface area contributed by atoms with Crippen LogP contribution in [0.2, 0.25) is 0 Å². The maximum Gasteiger partial charge on any atom is 0.336 e. The van der Waals surface area contributed by atoms with E-state index < -0.39 is 0 Å². The van der Waals surface area contributed by atoms with E-state index in [2.05, 4.69) is 26.8 Å². The number of fused-ring (bicyclic) bond motifs is 3. The minimum absolute atomic E-state index is 0.119. The molecule has 2 aliphatic carbocycles. The molecule has 1 saturated heterocycles. The number of hydrogen-bond donors (Lipinski definition) is 0. The van der Waals surface area contributed by atoms with Crippen LogP contribution < -0.4 is 0 Å². The molecule has 3 heteroatoms. The van der Waals surface area contributed by atoms with Crippen molar-refractivity contribution < 1.29 is 14.3 Å². The van der Waals surface area contributed by atoms with Crippen LogP contribution in [0.3, 0.4) is 0 Å². The summed E-state index contributed by atoms with van der Waals surface area (Å²) in [6.45, 7) is 9.65. The quantitative estimate of drug-likeness (QED) is 0.723. The van der Waals surface area contributed by atoms with E-state index in [1.807, 2.05) is 6.92 Å². The van der Waals surface area contributed by atoms with E-state index in [4.69, 9.17) is 9.47 Å². The molecular formula is C17H26O3. The summed E-state index contributed by atoms with van der Waals surface area (Å²) in [5, 5.41) is 0. The smallest absolute Gasteiger partial charge is 0.336 e. The number of ether oxygens (including phenoxy) is 2. The van der Waals surface area contributed by atoms with Crippen molar-refractivity contribution in [3.63, 3.8) is 0 Å². The topological polar surface area (TPSA) is 35.5 Å². The molecule has 20 heavy (non-hydrogen) atoms. The fraction of sp³-hybridized carbons (Fsp3) is 0.824. The molecule has 4 unspecified atom stereocenters. The van der Waals surface area contributed by atoms with E-state index in [1.54, 1.807) is 0 Å². The van der Waals surface area contributed by atoms with Crippen molar-refractivity contribution in [2.24, 2.45) is 22.7 Å². The van der Waals surface area contributed by atoms with Crippen LogP contribution >= 0.6 is 0 Å². The summed E-state index contributed by atoms with van der Waals surface area (Å²) >= 11 is 0. The number of allylic oxidation sites excluding steroid dienone is 1. The highest BCUT2D eigenvalue weighted by atomic mass is 16.7. The van der Waals surface area contributed by atoms with Gasteiger partial charge in [-0.1, -0.05) is 33.3 Å². The fourth-order valence-corrected chi connectivity index (χ4v) is 5.06. The number of rotatable bonds is 2. The molecule has 0 aromatic carbocycles. The van der Waals surface area contributed by atoms with E-state index >= 15 is 0 Å². The van der Waals surface area contributed by atoms with Gasteiger partial charge in [0.2, 0.25) is 6.29 Å². The summed E-state index contributed by atoms with van der Waals surface area (Å²) in [4.78, 5) is 12.1. The number of carbonyl (C=O) groups is 1. The molecule has 0 amide bonds. The average molecular weight is 278 g/mol. The van der Waals surface area contributed by atoms with Crippen LogP contribution in [0.25, 0.3) is 0 Å². The van der Waals surface area contributed by atoms with Crippen molar-refractivity contribution in [3.05, 3.63) is 11.6 Å². The largest absolute Gasteiger partial charge is 0.432 e. The Kier molecular flexibility index (Phi) is 3.24. The maximum atomic E-state index is 12.1. The van der Waals surface area contributed by atoms with Gasteiger partial charge >= 0.3 is 5.97 Å². The highest BCUT2D eigenvalue weighted by Gasteiger charge is 2.59. The van der Waals surface area contributed by atoms with E-state index in [-0.39, 0.29) is 23.6 Å².